The molecule has 1 saturated carbocycles. The van der Waals surface area contributed by atoms with Crippen molar-refractivity contribution in [3.05, 3.63) is 29.8 Å². The lowest BCUT2D eigenvalue weighted by atomic mass is 9.72. The fourth-order valence-corrected chi connectivity index (χ4v) is 4.98. The van der Waals surface area contributed by atoms with Crippen LogP contribution < -0.4 is 10.1 Å². The second-order valence-electron chi connectivity index (χ2n) is 10.5. The van der Waals surface area contributed by atoms with Crippen LogP contribution >= 0.6 is 0 Å². The fourth-order valence-electron chi connectivity index (χ4n) is 4.98. The van der Waals surface area contributed by atoms with Crippen molar-refractivity contribution in [2.24, 2.45) is 0 Å². The third kappa shape index (κ3) is 7.75. The van der Waals surface area contributed by atoms with Crippen LogP contribution in [-0.2, 0) is 9.53 Å². The van der Waals surface area contributed by atoms with E-state index >= 15 is 0 Å². The number of nitrogens with zero attached hydrogens (tertiary/aromatic N) is 1. The molecule has 3 rings (SSSR count). The number of ether oxygens (including phenoxy) is 2. The minimum Gasteiger partial charge on any atom is -0.444 e. The number of hydrogen-bond acceptors (Lipinski definition) is 5. The van der Waals surface area contributed by atoms with Crippen molar-refractivity contribution in [2.45, 2.75) is 95.2 Å². The number of alkyl halides is 3. The molecule has 1 saturated heterocycles. The molecule has 1 heterocycles. The van der Waals surface area contributed by atoms with E-state index in [0.717, 1.165) is 19.3 Å². The predicted molar refractivity (Wildman–Crippen MR) is 123 cm³/mol. The molecule has 1 aromatic rings. The van der Waals surface area contributed by atoms with Gasteiger partial charge in [0, 0.05) is 19.1 Å². The highest BCUT2D eigenvalue weighted by atomic mass is 19.4. The third-order valence-corrected chi connectivity index (χ3v) is 6.38. The number of benzene rings is 1. The van der Waals surface area contributed by atoms with Crippen LogP contribution in [0.2, 0.25) is 0 Å². The lowest BCUT2D eigenvalue weighted by molar-refractivity contribution is -0.274. The molecule has 7 nitrogen and oxygen atoms in total. The second-order valence-corrected chi connectivity index (χ2v) is 10.5. The highest BCUT2D eigenvalue weighted by Gasteiger charge is 2.45. The lowest BCUT2D eigenvalue weighted by Crippen LogP contribution is -2.54. The molecule has 0 spiro atoms. The van der Waals surface area contributed by atoms with Crippen molar-refractivity contribution >= 4 is 12.0 Å². The summed E-state index contributed by atoms with van der Waals surface area (Å²) >= 11 is 0. The number of hydrogen-bond donors (Lipinski definition) is 2. The van der Waals surface area contributed by atoms with Crippen LogP contribution in [0.5, 0.6) is 5.75 Å². The van der Waals surface area contributed by atoms with E-state index in [1.54, 1.807) is 31.7 Å². The predicted octanol–water partition coefficient (Wildman–Crippen LogP) is 4.88. The molecular formula is C25H35F3N2O5. The largest absolute Gasteiger partial charge is 0.573 e. The number of aliphatic hydroxyl groups is 1. The van der Waals surface area contributed by atoms with Gasteiger partial charge in [-0.1, -0.05) is 31.4 Å². The summed E-state index contributed by atoms with van der Waals surface area (Å²) in [4.78, 5) is 27.6. The topological polar surface area (TPSA) is 88.1 Å². The Morgan fingerprint density at radius 2 is 1.83 bits per heavy atom. The molecule has 2 N–H and O–H groups in total. The van der Waals surface area contributed by atoms with Crippen LogP contribution in [0.1, 0.15) is 77.2 Å². The number of nitrogens with one attached hydrogen (secondary N) is 1. The van der Waals surface area contributed by atoms with E-state index in [9.17, 15) is 27.9 Å². The first-order valence-corrected chi connectivity index (χ1v) is 12.1. The molecule has 196 valence electrons. The third-order valence-electron chi connectivity index (χ3n) is 6.38. The van der Waals surface area contributed by atoms with Crippen LogP contribution in [0.15, 0.2) is 24.3 Å². The number of rotatable bonds is 5. The van der Waals surface area contributed by atoms with Gasteiger partial charge in [0.25, 0.3) is 0 Å². The van der Waals surface area contributed by atoms with E-state index < -0.39 is 35.3 Å². The number of likely N-dealkylation sites (tertiary alicyclic amines) is 1. The first-order valence-electron chi connectivity index (χ1n) is 12.1. The molecule has 2 aliphatic rings. The zero-order chi connectivity index (χ0) is 25.9. The maximum atomic E-state index is 13.8. The Kier molecular flexibility index (Phi) is 8.24. The monoisotopic (exact) mass is 500 g/mol. The van der Waals surface area contributed by atoms with Crippen molar-refractivity contribution in [1.82, 2.24) is 10.2 Å². The summed E-state index contributed by atoms with van der Waals surface area (Å²) in [5, 5.41) is 14.3. The molecule has 10 heteroatoms. The number of piperidine rings is 1. The van der Waals surface area contributed by atoms with Gasteiger partial charge in [-0.2, -0.15) is 0 Å². The maximum Gasteiger partial charge on any atom is 0.573 e. The average molecular weight is 501 g/mol. The van der Waals surface area contributed by atoms with E-state index in [0.29, 0.717) is 32.2 Å². The summed E-state index contributed by atoms with van der Waals surface area (Å²) in [5.41, 5.74) is -1.76. The van der Waals surface area contributed by atoms with Crippen LogP contribution in [0.4, 0.5) is 18.0 Å². The fraction of sp³-hybridized carbons (Fsp3) is 0.680. The Morgan fingerprint density at radius 1 is 1.14 bits per heavy atom. The minimum atomic E-state index is -4.87. The van der Waals surface area contributed by atoms with Crippen LogP contribution in [0.25, 0.3) is 0 Å². The number of halogens is 3. The van der Waals surface area contributed by atoms with Crippen LogP contribution in [-0.4, -0.2) is 58.7 Å². The molecule has 1 aliphatic carbocycles. The number of amides is 2. The standard InChI is InChI=1S/C25H35F3N2O5/c1-23(2,3)35-22(32)29-18-10-8-14-30(16-18)21(31)20(24(33)12-5-4-6-13-24)17-9-7-11-19(15-17)34-25(26,27)28/h7,9,11,15,18,20,33H,4-6,8,10,12-14,16H2,1-3H3,(H,29,32)/t18-,20?/m0/s1. The van der Waals surface area contributed by atoms with E-state index in [1.165, 1.54) is 18.2 Å². The van der Waals surface area contributed by atoms with Crippen molar-refractivity contribution in [1.29, 1.82) is 0 Å². The van der Waals surface area contributed by atoms with Crippen molar-refractivity contribution in [2.75, 3.05) is 13.1 Å². The quantitative estimate of drug-likeness (QED) is 0.602. The van der Waals surface area contributed by atoms with Crippen LogP contribution in [0, 0.1) is 0 Å². The Morgan fingerprint density at radius 3 is 2.46 bits per heavy atom. The van der Waals surface area contributed by atoms with Gasteiger partial charge in [-0.3, -0.25) is 4.79 Å². The Bertz CT molecular complexity index is 894. The molecule has 35 heavy (non-hydrogen) atoms. The molecule has 1 aliphatic heterocycles. The highest BCUT2D eigenvalue weighted by molar-refractivity contribution is 5.85. The van der Waals surface area contributed by atoms with Crippen LogP contribution in [0.3, 0.4) is 0 Å². The number of carbonyl (C=O) groups is 2. The number of carbonyl (C=O) groups excluding carboxylic acids is 2. The Balaban J connectivity index is 1.83. The molecule has 2 atom stereocenters. The zero-order valence-corrected chi connectivity index (χ0v) is 20.5. The summed E-state index contributed by atoms with van der Waals surface area (Å²) in [7, 11) is 0. The first kappa shape index (κ1) is 27.1. The van der Waals surface area contributed by atoms with E-state index in [2.05, 4.69) is 10.1 Å². The van der Waals surface area contributed by atoms with E-state index in [1.807, 2.05) is 0 Å². The summed E-state index contributed by atoms with van der Waals surface area (Å²) in [5.74, 6) is -1.84. The first-order chi connectivity index (χ1) is 16.3. The Labute approximate surface area is 204 Å². The normalized spacial score (nSPS) is 21.7. The summed E-state index contributed by atoms with van der Waals surface area (Å²) < 4.78 is 47.8. The zero-order valence-electron chi connectivity index (χ0n) is 20.5. The average Bonchev–Trinajstić information content (AvgIpc) is 2.72. The van der Waals surface area contributed by atoms with E-state index in [4.69, 9.17) is 4.74 Å². The van der Waals surface area contributed by atoms with Gasteiger partial charge in [0.1, 0.15) is 11.4 Å². The molecular weight excluding hydrogens is 465 g/mol. The molecule has 0 radical (unpaired) electrons. The lowest BCUT2D eigenvalue weighted by Gasteiger charge is -2.42. The van der Waals surface area contributed by atoms with Crippen molar-refractivity contribution in [3.8, 4) is 5.75 Å². The molecule has 2 fully saturated rings. The Hall–Kier alpha value is -2.49. The second kappa shape index (κ2) is 10.6. The molecule has 2 amide bonds. The summed E-state index contributed by atoms with van der Waals surface area (Å²) in [6, 6.07) is 4.97. The SMILES string of the molecule is CC(C)(C)OC(=O)N[C@H]1CCCN(C(=O)C(c2cccc(OC(F)(F)F)c2)C2(O)CCCCC2)C1. The van der Waals surface area contributed by atoms with Gasteiger partial charge in [0.2, 0.25) is 5.91 Å². The van der Waals surface area contributed by atoms with Gasteiger partial charge in [-0.25, -0.2) is 4.79 Å². The highest BCUT2D eigenvalue weighted by Crippen LogP contribution is 2.42. The number of alkyl carbamates (subject to hydrolysis) is 1. The molecule has 0 aromatic heterocycles. The summed E-state index contributed by atoms with van der Waals surface area (Å²) in [6.07, 6.45) is -1.02. The van der Waals surface area contributed by atoms with Gasteiger partial charge in [-0.15, -0.1) is 13.2 Å². The summed E-state index contributed by atoms with van der Waals surface area (Å²) in [6.45, 7) is 5.93. The van der Waals surface area contributed by atoms with Gasteiger partial charge in [0.15, 0.2) is 0 Å². The van der Waals surface area contributed by atoms with Gasteiger partial charge < -0.3 is 24.8 Å². The molecule has 0 bridgehead atoms. The minimum absolute atomic E-state index is 0.226. The maximum absolute atomic E-state index is 13.8. The van der Waals surface area contributed by atoms with Gasteiger partial charge in [0.05, 0.1) is 11.5 Å². The van der Waals surface area contributed by atoms with Crippen molar-refractivity contribution < 1.29 is 37.3 Å². The molecule has 1 unspecified atom stereocenters. The smallest absolute Gasteiger partial charge is 0.444 e. The van der Waals surface area contributed by atoms with Gasteiger partial charge >= 0.3 is 12.5 Å². The van der Waals surface area contributed by atoms with E-state index in [-0.39, 0.29) is 24.1 Å². The van der Waals surface area contributed by atoms with Gasteiger partial charge in [-0.05, 0) is 64.2 Å². The van der Waals surface area contributed by atoms with Crippen molar-refractivity contribution in [3.63, 3.8) is 0 Å². The molecule has 1 aromatic carbocycles.